The highest BCUT2D eigenvalue weighted by Gasteiger charge is 2.11. The minimum absolute atomic E-state index is 0.128. The number of amides is 1. The van der Waals surface area contributed by atoms with E-state index in [4.69, 9.17) is 10.2 Å². The Morgan fingerprint density at radius 3 is 2.53 bits per heavy atom. The second kappa shape index (κ2) is 3.88. The first kappa shape index (κ1) is 9.33. The van der Waals surface area contributed by atoms with Crippen molar-refractivity contribution in [2.24, 2.45) is 0 Å². The topological polar surface area (TPSA) is 68.3 Å². The van der Waals surface area contributed by atoms with Gasteiger partial charge in [0.25, 0.3) is 5.91 Å². The van der Waals surface area contributed by atoms with Crippen LogP contribution in [0.25, 0.3) is 0 Å². The van der Waals surface area contributed by atoms with Crippen LogP contribution in [-0.2, 0) is 0 Å². The summed E-state index contributed by atoms with van der Waals surface area (Å²) in [7, 11) is 0. The zero-order valence-corrected chi connectivity index (χ0v) is 7.94. The molecule has 4 heteroatoms. The molecule has 0 spiro atoms. The highest BCUT2D eigenvalue weighted by atomic mass is 16.3. The van der Waals surface area contributed by atoms with E-state index in [1.807, 2.05) is 18.2 Å². The molecule has 1 amide bonds. The van der Waals surface area contributed by atoms with Crippen LogP contribution in [0.5, 0.6) is 0 Å². The summed E-state index contributed by atoms with van der Waals surface area (Å²) in [5.41, 5.74) is 6.54. The largest absolute Gasteiger partial charge is 0.448 e. The Bertz CT molecular complexity index is 462. The van der Waals surface area contributed by atoms with E-state index < -0.39 is 0 Å². The molecule has 0 atom stereocenters. The molecule has 2 rings (SSSR count). The molecular formula is C11H10N2O2. The van der Waals surface area contributed by atoms with Crippen LogP contribution in [0.3, 0.4) is 0 Å². The Morgan fingerprint density at radius 1 is 1.20 bits per heavy atom. The molecular weight excluding hydrogens is 192 g/mol. The van der Waals surface area contributed by atoms with Crippen molar-refractivity contribution in [1.29, 1.82) is 0 Å². The van der Waals surface area contributed by atoms with Gasteiger partial charge >= 0.3 is 0 Å². The van der Waals surface area contributed by atoms with Gasteiger partial charge in [-0.05, 0) is 18.2 Å². The van der Waals surface area contributed by atoms with Crippen LogP contribution in [0, 0.1) is 0 Å². The van der Waals surface area contributed by atoms with Crippen molar-refractivity contribution in [3.63, 3.8) is 0 Å². The summed E-state index contributed by atoms with van der Waals surface area (Å²) in [4.78, 5) is 11.6. The van der Waals surface area contributed by atoms with E-state index in [1.54, 1.807) is 12.1 Å². The van der Waals surface area contributed by atoms with Gasteiger partial charge in [0.05, 0.1) is 6.26 Å². The lowest BCUT2D eigenvalue weighted by Crippen LogP contribution is -2.12. The maximum absolute atomic E-state index is 11.6. The molecule has 2 aromatic rings. The number of furan rings is 1. The van der Waals surface area contributed by atoms with Gasteiger partial charge in [-0.2, -0.15) is 0 Å². The fourth-order valence-corrected chi connectivity index (χ4v) is 1.23. The summed E-state index contributed by atoms with van der Waals surface area (Å²) in [6, 6.07) is 10.7. The van der Waals surface area contributed by atoms with E-state index in [1.165, 1.54) is 12.3 Å². The van der Waals surface area contributed by atoms with Crippen molar-refractivity contribution in [2.45, 2.75) is 0 Å². The summed E-state index contributed by atoms with van der Waals surface area (Å²) in [5, 5.41) is 2.71. The lowest BCUT2D eigenvalue weighted by Gasteiger charge is -2.02. The predicted molar refractivity (Wildman–Crippen MR) is 57.5 cm³/mol. The number of carbonyl (C=O) groups excluding carboxylic acids is 1. The van der Waals surface area contributed by atoms with Crippen molar-refractivity contribution < 1.29 is 9.21 Å². The standard InChI is InChI=1S/C11H10N2O2/c12-10-9(6-7-15-10)11(14)13-8-4-2-1-3-5-8/h1-7H,12H2,(H,13,14). The number of nitrogens with two attached hydrogens (primary N) is 1. The molecule has 76 valence electrons. The SMILES string of the molecule is Nc1occc1C(=O)Nc1ccccc1. The number of nitrogens with one attached hydrogen (secondary N) is 1. The number of benzene rings is 1. The third kappa shape index (κ3) is 1.99. The summed E-state index contributed by atoms with van der Waals surface area (Å²) in [6.07, 6.45) is 1.38. The number of anilines is 2. The smallest absolute Gasteiger partial charge is 0.261 e. The number of hydrogen-bond donors (Lipinski definition) is 2. The van der Waals surface area contributed by atoms with Crippen LogP contribution in [0.1, 0.15) is 10.4 Å². The average molecular weight is 202 g/mol. The number of hydrogen-bond acceptors (Lipinski definition) is 3. The normalized spacial score (nSPS) is 9.87. The van der Waals surface area contributed by atoms with Crippen LogP contribution in [0.2, 0.25) is 0 Å². The molecule has 4 nitrogen and oxygen atoms in total. The molecule has 0 radical (unpaired) electrons. The summed E-state index contributed by atoms with van der Waals surface area (Å²) in [6.45, 7) is 0. The van der Waals surface area contributed by atoms with Gasteiger partial charge < -0.3 is 15.5 Å². The average Bonchev–Trinajstić information content (AvgIpc) is 2.66. The van der Waals surface area contributed by atoms with Crippen molar-refractivity contribution in [1.82, 2.24) is 0 Å². The lowest BCUT2D eigenvalue weighted by molar-refractivity contribution is 0.102. The summed E-state index contributed by atoms with van der Waals surface area (Å²) >= 11 is 0. The van der Waals surface area contributed by atoms with Gasteiger partial charge in [-0.15, -0.1) is 0 Å². The van der Waals surface area contributed by atoms with Crippen LogP contribution >= 0.6 is 0 Å². The summed E-state index contributed by atoms with van der Waals surface area (Å²) < 4.78 is 4.84. The first-order valence-corrected chi connectivity index (χ1v) is 4.47. The molecule has 1 heterocycles. The minimum Gasteiger partial charge on any atom is -0.448 e. The van der Waals surface area contributed by atoms with Gasteiger partial charge in [-0.3, -0.25) is 4.79 Å². The first-order valence-electron chi connectivity index (χ1n) is 4.47. The molecule has 0 saturated heterocycles. The van der Waals surface area contributed by atoms with Gasteiger partial charge in [0.1, 0.15) is 5.56 Å². The molecule has 0 aliphatic heterocycles. The molecule has 3 N–H and O–H groups in total. The zero-order chi connectivity index (χ0) is 10.7. The van der Waals surface area contributed by atoms with Crippen molar-refractivity contribution in [3.05, 3.63) is 48.2 Å². The quantitative estimate of drug-likeness (QED) is 0.783. The van der Waals surface area contributed by atoms with Gasteiger partial charge in [0, 0.05) is 5.69 Å². The van der Waals surface area contributed by atoms with Gasteiger partial charge in [-0.25, -0.2) is 0 Å². The number of para-hydroxylation sites is 1. The Labute approximate surface area is 86.7 Å². The predicted octanol–water partition coefficient (Wildman–Crippen LogP) is 2.11. The Morgan fingerprint density at radius 2 is 1.93 bits per heavy atom. The lowest BCUT2D eigenvalue weighted by atomic mass is 10.2. The molecule has 1 aromatic heterocycles. The molecule has 15 heavy (non-hydrogen) atoms. The molecule has 0 bridgehead atoms. The molecule has 1 aromatic carbocycles. The van der Waals surface area contributed by atoms with E-state index in [2.05, 4.69) is 5.32 Å². The third-order valence-electron chi connectivity index (χ3n) is 1.97. The maximum atomic E-state index is 11.6. The Hall–Kier alpha value is -2.23. The third-order valence-corrected chi connectivity index (χ3v) is 1.97. The van der Waals surface area contributed by atoms with E-state index in [0.29, 0.717) is 5.56 Å². The number of rotatable bonds is 2. The Kier molecular flexibility index (Phi) is 2.41. The van der Waals surface area contributed by atoms with E-state index in [0.717, 1.165) is 5.69 Å². The van der Waals surface area contributed by atoms with E-state index in [9.17, 15) is 4.79 Å². The van der Waals surface area contributed by atoms with Crippen molar-refractivity contribution in [2.75, 3.05) is 11.1 Å². The van der Waals surface area contributed by atoms with E-state index >= 15 is 0 Å². The summed E-state index contributed by atoms with van der Waals surface area (Å²) in [5.74, 6) is -0.143. The highest BCUT2D eigenvalue weighted by Crippen LogP contribution is 2.14. The second-order valence-corrected chi connectivity index (χ2v) is 3.02. The Balaban J connectivity index is 2.15. The van der Waals surface area contributed by atoms with Gasteiger partial charge in [-0.1, -0.05) is 18.2 Å². The maximum Gasteiger partial charge on any atom is 0.261 e. The fourth-order valence-electron chi connectivity index (χ4n) is 1.23. The van der Waals surface area contributed by atoms with Crippen LogP contribution < -0.4 is 11.1 Å². The second-order valence-electron chi connectivity index (χ2n) is 3.02. The van der Waals surface area contributed by atoms with Crippen LogP contribution in [0.4, 0.5) is 11.6 Å². The highest BCUT2D eigenvalue weighted by molar-refractivity contribution is 6.06. The molecule has 0 unspecified atom stereocenters. The van der Waals surface area contributed by atoms with Crippen molar-refractivity contribution >= 4 is 17.5 Å². The van der Waals surface area contributed by atoms with Crippen molar-refractivity contribution in [3.8, 4) is 0 Å². The number of carbonyl (C=O) groups is 1. The van der Waals surface area contributed by atoms with E-state index in [-0.39, 0.29) is 11.8 Å². The number of nitrogen functional groups attached to an aromatic ring is 1. The van der Waals surface area contributed by atoms with Crippen LogP contribution in [0.15, 0.2) is 47.1 Å². The minimum atomic E-state index is -0.271. The molecule has 0 aliphatic carbocycles. The molecule has 0 aliphatic rings. The van der Waals surface area contributed by atoms with Crippen LogP contribution in [-0.4, -0.2) is 5.91 Å². The first-order chi connectivity index (χ1) is 7.27. The monoisotopic (exact) mass is 202 g/mol. The van der Waals surface area contributed by atoms with Gasteiger partial charge in [0.15, 0.2) is 0 Å². The molecule has 0 fully saturated rings. The fraction of sp³-hybridized carbons (Fsp3) is 0. The zero-order valence-electron chi connectivity index (χ0n) is 7.94. The van der Waals surface area contributed by atoms with Gasteiger partial charge in [0.2, 0.25) is 5.88 Å². The molecule has 0 saturated carbocycles.